The Labute approximate surface area is 129 Å². The van der Waals surface area contributed by atoms with Crippen molar-refractivity contribution in [2.75, 3.05) is 6.61 Å². The lowest BCUT2D eigenvalue weighted by molar-refractivity contribution is 0.273. The van der Waals surface area contributed by atoms with Gasteiger partial charge in [0.2, 0.25) is 0 Å². The molecule has 3 nitrogen and oxygen atoms in total. The van der Waals surface area contributed by atoms with Crippen LogP contribution < -0.4 is 5.49 Å². The van der Waals surface area contributed by atoms with E-state index in [1.807, 2.05) is 30.5 Å². The minimum atomic E-state index is 0.0434. The fourth-order valence-corrected chi connectivity index (χ4v) is 2.53. The van der Waals surface area contributed by atoms with E-state index >= 15 is 0 Å². The molecule has 0 spiro atoms. The largest absolute Gasteiger partial charge is 0.395 e. The van der Waals surface area contributed by atoms with Gasteiger partial charge in [0.15, 0.2) is 0 Å². The van der Waals surface area contributed by atoms with E-state index in [-0.39, 0.29) is 6.61 Å². The summed E-state index contributed by atoms with van der Waals surface area (Å²) in [5.74, 6) is 0. The molecule has 22 heavy (non-hydrogen) atoms. The highest BCUT2D eigenvalue weighted by molar-refractivity contribution is 5.92. The summed E-state index contributed by atoms with van der Waals surface area (Å²) in [6.07, 6.45) is 5.93. The summed E-state index contributed by atoms with van der Waals surface area (Å²) in [5.41, 5.74) is 2.54. The van der Waals surface area contributed by atoms with Crippen molar-refractivity contribution >= 4 is 22.9 Å². The highest BCUT2D eigenvalue weighted by Gasteiger charge is 1.97. The molecule has 0 amide bonds. The Morgan fingerprint density at radius 2 is 1.82 bits per heavy atom. The Hall–Kier alpha value is -2.65. The van der Waals surface area contributed by atoms with Crippen molar-refractivity contribution in [3.63, 3.8) is 0 Å². The molecule has 0 bridgehead atoms. The fraction of sp³-hybridized carbons (Fsp3) is 0.105. The first kappa shape index (κ1) is 14.3. The fourth-order valence-electron chi connectivity index (χ4n) is 2.53. The predicted molar refractivity (Wildman–Crippen MR) is 90.2 cm³/mol. The van der Waals surface area contributed by atoms with Crippen molar-refractivity contribution in [2.24, 2.45) is 0 Å². The number of hydrogen-bond acceptors (Lipinski definition) is 2. The monoisotopic (exact) mass is 290 g/mol. The Morgan fingerprint density at radius 3 is 2.64 bits per heavy atom. The summed E-state index contributed by atoms with van der Waals surface area (Å²) in [6.45, 7) is 0.494. The van der Waals surface area contributed by atoms with Crippen LogP contribution >= 0.6 is 0 Å². The van der Waals surface area contributed by atoms with Crippen molar-refractivity contribution in [1.82, 2.24) is 4.57 Å². The third kappa shape index (κ3) is 3.00. The molecular formula is C19H18N2O. The van der Waals surface area contributed by atoms with Gasteiger partial charge in [-0.3, -0.25) is 5.41 Å². The lowest BCUT2D eigenvalue weighted by Crippen LogP contribution is -2.20. The first-order chi connectivity index (χ1) is 10.8. The maximum Gasteiger partial charge on any atom is 0.125 e. The molecule has 0 aliphatic rings. The number of aliphatic hydroxyl groups excluding tert-OH is 1. The van der Waals surface area contributed by atoms with Gasteiger partial charge in [-0.05, 0) is 34.0 Å². The molecule has 1 aromatic heterocycles. The minimum Gasteiger partial charge on any atom is -0.395 e. The average Bonchev–Trinajstić information content (AvgIpc) is 2.55. The van der Waals surface area contributed by atoms with Gasteiger partial charge in [0, 0.05) is 12.7 Å². The summed E-state index contributed by atoms with van der Waals surface area (Å²) < 4.78 is 1.72. The number of pyridine rings is 1. The molecule has 0 saturated heterocycles. The van der Waals surface area contributed by atoms with Crippen molar-refractivity contribution < 1.29 is 5.11 Å². The van der Waals surface area contributed by atoms with Crippen molar-refractivity contribution in [3.05, 3.63) is 77.4 Å². The second-order valence-electron chi connectivity index (χ2n) is 5.16. The van der Waals surface area contributed by atoms with Crippen molar-refractivity contribution in [1.29, 1.82) is 5.41 Å². The number of nitrogens with zero attached hydrogens (tertiary/aromatic N) is 1. The summed E-state index contributed by atoms with van der Waals surface area (Å²) in [4.78, 5) is 0. The third-order valence-electron chi connectivity index (χ3n) is 3.68. The van der Waals surface area contributed by atoms with E-state index in [0.717, 1.165) is 11.1 Å². The van der Waals surface area contributed by atoms with Gasteiger partial charge in [-0.1, -0.05) is 54.6 Å². The van der Waals surface area contributed by atoms with E-state index in [9.17, 15) is 0 Å². The zero-order valence-corrected chi connectivity index (χ0v) is 12.2. The standard InChI is InChI=1S/C19H18N2O/c20-19-14-15(10-11-21(19)12-13-22)8-9-17-6-3-5-16-4-1-2-7-18(16)17/h1-11,14,20,22H,12-13H2/b9-8+,20-19?. The maximum atomic E-state index is 8.95. The first-order valence-corrected chi connectivity index (χ1v) is 7.30. The first-order valence-electron chi connectivity index (χ1n) is 7.30. The van der Waals surface area contributed by atoms with E-state index in [0.29, 0.717) is 12.0 Å². The van der Waals surface area contributed by atoms with Crippen molar-refractivity contribution in [3.8, 4) is 0 Å². The quantitative estimate of drug-likeness (QED) is 0.761. The van der Waals surface area contributed by atoms with Crippen LogP contribution in [-0.2, 0) is 6.54 Å². The highest BCUT2D eigenvalue weighted by atomic mass is 16.3. The average molecular weight is 290 g/mol. The van der Waals surface area contributed by atoms with Crippen molar-refractivity contribution in [2.45, 2.75) is 6.54 Å². The number of hydrogen-bond donors (Lipinski definition) is 2. The number of nitrogens with one attached hydrogen (secondary N) is 1. The molecule has 3 rings (SSSR count). The molecule has 110 valence electrons. The second-order valence-corrected chi connectivity index (χ2v) is 5.16. The van der Waals surface area contributed by atoms with Crippen LogP contribution in [0.5, 0.6) is 0 Å². The Kier molecular flexibility index (Phi) is 4.17. The molecule has 0 unspecified atom stereocenters. The molecule has 0 fully saturated rings. The lowest BCUT2D eigenvalue weighted by Gasteiger charge is -2.05. The number of aromatic nitrogens is 1. The molecule has 0 atom stereocenters. The van der Waals surface area contributed by atoms with Gasteiger partial charge in [0.1, 0.15) is 5.49 Å². The zero-order valence-electron chi connectivity index (χ0n) is 12.2. The summed E-state index contributed by atoms with van der Waals surface area (Å²) in [6, 6.07) is 18.3. The molecule has 0 saturated carbocycles. The van der Waals surface area contributed by atoms with Crippen LogP contribution in [0.1, 0.15) is 11.1 Å². The number of rotatable bonds is 4. The van der Waals surface area contributed by atoms with Crippen LogP contribution in [0, 0.1) is 5.41 Å². The Bertz CT molecular complexity index is 872. The van der Waals surface area contributed by atoms with Crippen LogP contribution in [0.3, 0.4) is 0 Å². The lowest BCUT2D eigenvalue weighted by atomic mass is 10.0. The zero-order chi connectivity index (χ0) is 15.4. The molecule has 0 radical (unpaired) electrons. The maximum absolute atomic E-state index is 8.95. The third-order valence-corrected chi connectivity index (χ3v) is 3.68. The predicted octanol–water partition coefficient (Wildman–Crippen LogP) is 3.28. The van der Waals surface area contributed by atoms with Crippen LogP contribution in [0.2, 0.25) is 0 Å². The van der Waals surface area contributed by atoms with E-state index in [1.54, 1.807) is 10.6 Å². The van der Waals surface area contributed by atoms with E-state index in [1.165, 1.54) is 10.8 Å². The van der Waals surface area contributed by atoms with Gasteiger partial charge < -0.3 is 9.67 Å². The minimum absolute atomic E-state index is 0.0434. The topological polar surface area (TPSA) is 49.0 Å². The smallest absolute Gasteiger partial charge is 0.125 e. The molecule has 1 heterocycles. The van der Waals surface area contributed by atoms with Gasteiger partial charge >= 0.3 is 0 Å². The van der Waals surface area contributed by atoms with E-state index < -0.39 is 0 Å². The summed E-state index contributed by atoms with van der Waals surface area (Å²) in [5, 5.41) is 19.3. The van der Waals surface area contributed by atoms with Gasteiger partial charge in [0.25, 0.3) is 0 Å². The van der Waals surface area contributed by atoms with Crippen LogP contribution in [0.15, 0.2) is 60.8 Å². The van der Waals surface area contributed by atoms with Crippen LogP contribution in [0.25, 0.3) is 22.9 Å². The highest BCUT2D eigenvalue weighted by Crippen LogP contribution is 2.20. The number of aliphatic hydroxyl groups is 1. The van der Waals surface area contributed by atoms with Gasteiger partial charge in [-0.15, -0.1) is 0 Å². The van der Waals surface area contributed by atoms with Crippen LogP contribution in [0.4, 0.5) is 0 Å². The molecule has 2 N–H and O–H groups in total. The van der Waals surface area contributed by atoms with Crippen LogP contribution in [-0.4, -0.2) is 16.3 Å². The second kappa shape index (κ2) is 6.41. The number of benzene rings is 2. The molecule has 0 aliphatic carbocycles. The summed E-state index contributed by atoms with van der Waals surface area (Å²) >= 11 is 0. The van der Waals surface area contributed by atoms with Gasteiger partial charge in [0.05, 0.1) is 6.61 Å². The summed E-state index contributed by atoms with van der Waals surface area (Å²) in [7, 11) is 0. The molecule has 2 aromatic carbocycles. The SMILES string of the molecule is N=c1cc(/C=C/c2cccc3ccccc23)ccn1CCO. The van der Waals surface area contributed by atoms with E-state index in [4.69, 9.17) is 10.5 Å². The van der Waals surface area contributed by atoms with Gasteiger partial charge in [-0.2, -0.15) is 0 Å². The van der Waals surface area contributed by atoms with Gasteiger partial charge in [-0.25, -0.2) is 0 Å². The van der Waals surface area contributed by atoms with E-state index in [2.05, 4.69) is 36.4 Å². The normalized spacial score (nSPS) is 11.3. The molecular weight excluding hydrogens is 272 g/mol. The number of fused-ring (bicyclic) bond motifs is 1. The molecule has 0 aliphatic heterocycles. The Balaban J connectivity index is 1.93. The molecule has 3 heteroatoms. The molecule has 3 aromatic rings. The Morgan fingerprint density at radius 1 is 1.00 bits per heavy atom.